The van der Waals surface area contributed by atoms with Crippen molar-refractivity contribution >= 4 is 44.5 Å². The van der Waals surface area contributed by atoms with Crippen LogP contribution in [-0.4, -0.2) is 46.3 Å². The minimum atomic E-state index is -0.442. The molecule has 3 atom stereocenters. The second kappa shape index (κ2) is 7.75. The van der Waals surface area contributed by atoms with Gasteiger partial charge in [-0.3, -0.25) is 19.6 Å². The van der Waals surface area contributed by atoms with E-state index in [4.69, 9.17) is 0 Å². The summed E-state index contributed by atoms with van der Waals surface area (Å²) in [6.07, 6.45) is 1.01. The smallest absolute Gasteiger partial charge is 0.229 e. The lowest BCUT2D eigenvalue weighted by atomic mass is 9.98. The second-order valence-electron chi connectivity index (χ2n) is 6.83. The maximum Gasteiger partial charge on any atom is 0.229 e. The van der Waals surface area contributed by atoms with Gasteiger partial charge in [0.1, 0.15) is 0 Å². The maximum absolute atomic E-state index is 12.6. The van der Waals surface area contributed by atoms with E-state index in [-0.39, 0.29) is 36.8 Å². The molecule has 0 saturated carbocycles. The number of aliphatic hydroxyl groups excluding tert-OH is 1. The van der Waals surface area contributed by atoms with E-state index in [1.807, 2.05) is 32.0 Å². The van der Waals surface area contributed by atoms with Gasteiger partial charge < -0.3 is 10.4 Å². The number of nitrogens with one attached hydrogen (secondary N) is 2. The minimum absolute atomic E-state index is 0.107. The van der Waals surface area contributed by atoms with Crippen LogP contribution in [0.4, 0.5) is 5.82 Å². The van der Waals surface area contributed by atoms with Gasteiger partial charge in [0.25, 0.3) is 0 Å². The van der Waals surface area contributed by atoms with Crippen LogP contribution in [-0.2, 0) is 9.59 Å². The zero-order valence-corrected chi connectivity index (χ0v) is 16.4. The lowest BCUT2D eigenvalue weighted by Crippen LogP contribution is -2.45. The van der Waals surface area contributed by atoms with E-state index in [2.05, 4.69) is 31.4 Å². The molecule has 1 aliphatic heterocycles. The fraction of sp³-hybridized carbons (Fsp3) is 0.500. The molecular weight excluding hydrogens is 400 g/mol. The van der Waals surface area contributed by atoms with Crippen LogP contribution in [0.3, 0.4) is 0 Å². The van der Waals surface area contributed by atoms with E-state index < -0.39 is 5.92 Å². The maximum atomic E-state index is 12.6. The van der Waals surface area contributed by atoms with Gasteiger partial charge in [-0.1, -0.05) is 36.2 Å². The highest BCUT2D eigenvalue weighted by Gasteiger charge is 2.37. The molecule has 1 fully saturated rings. The van der Waals surface area contributed by atoms with Gasteiger partial charge in [0.05, 0.1) is 24.1 Å². The summed E-state index contributed by atoms with van der Waals surface area (Å²) in [7, 11) is 0. The van der Waals surface area contributed by atoms with Crippen LogP contribution in [0, 0.1) is 11.8 Å². The molecule has 3 rings (SSSR count). The number of H-pyrrole nitrogens is 1. The number of halogens is 1. The molecule has 2 amide bonds. The Labute approximate surface area is 160 Å². The molecule has 140 valence electrons. The molecule has 2 heterocycles. The largest absolute Gasteiger partial charge is 0.394 e. The van der Waals surface area contributed by atoms with Crippen LogP contribution in [0.25, 0.3) is 10.9 Å². The number of fused-ring (bicyclic) bond motifs is 1. The van der Waals surface area contributed by atoms with Crippen molar-refractivity contribution in [3.05, 3.63) is 22.7 Å². The Morgan fingerprint density at radius 3 is 3.00 bits per heavy atom. The highest BCUT2D eigenvalue weighted by molar-refractivity contribution is 9.10. The molecule has 1 aromatic heterocycles. The van der Waals surface area contributed by atoms with Crippen molar-refractivity contribution in [2.24, 2.45) is 11.8 Å². The summed E-state index contributed by atoms with van der Waals surface area (Å²) >= 11 is 3.41. The zero-order chi connectivity index (χ0) is 18.8. The Bertz CT molecular complexity index is 822. The van der Waals surface area contributed by atoms with E-state index in [0.29, 0.717) is 12.4 Å². The quantitative estimate of drug-likeness (QED) is 0.664. The first-order chi connectivity index (χ1) is 12.4. The van der Waals surface area contributed by atoms with Crippen molar-refractivity contribution in [1.29, 1.82) is 0 Å². The molecule has 0 spiro atoms. The highest BCUT2D eigenvalue weighted by Crippen LogP contribution is 2.31. The fourth-order valence-electron chi connectivity index (χ4n) is 3.22. The monoisotopic (exact) mass is 422 g/mol. The van der Waals surface area contributed by atoms with Crippen LogP contribution in [0.5, 0.6) is 0 Å². The van der Waals surface area contributed by atoms with Crippen molar-refractivity contribution < 1.29 is 14.7 Å². The molecule has 1 saturated heterocycles. The van der Waals surface area contributed by atoms with E-state index in [0.717, 1.165) is 21.8 Å². The Morgan fingerprint density at radius 2 is 2.31 bits per heavy atom. The van der Waals surface area contributed by atoms with E-state index >= 15 is 0 Å². The first kappa shape index (κ1) is 18.8. The third-order valence-electron chi connectivity index (χ3n) is 5.11. The van der Waals surface area contributed by atoms with E-state index in [1.165, 1.54) is 0 Å². The first-order valence-electron chi connectivity index (χ1n) is 8.79. The molecule has 3 N–H and O–H groups in total. The number of carbonyl (C=O) groups is 2. The van der Waals surface area contributed by atoms with Gasteiger partial charge in [0.15, 0.2) is 5.82 Å². The number of rotatable bonds is 6. The van der Waals surface area contributed by atoms with Gasteiger partial charge in [-0.25, -0.2) is 0 Å². The number of carbonyl (C=O) groups excluding carboxylic acids is 2. The van der Waals surface area contributed by atoms with Gasteiger partial charge >= 0.3 is 0 Å². The molecule has 7 nitrogen and oxygen atoms in total. The summed E-state index contributed by atoms with van der Waals surface area (Å²) < 4.78 is 0.922. The van der Waals surface area contributed by atoms with Crippen LogP contribution in [0.2, 0.25) is 0 Å². The predicted molar refractivity (Wildman–Crippen MR) is 103 cm³/mol. The summed E-state index contributed by atoms with van der Waals surface area (Å²) in [5.74, 6) is -0.0320. The molecule has 1 aromatic carbocycles. The number of amides is 2. The summed E-state index contributed by atoms with van der Waals surface area (Å²) in [5.41, 5.74) is 0.826. The number of nitrogens with zero attached hydrogens (tertiary/aromatic N) is 2. The number of aromatic amines is 1. The topological polar surface area (TPSA) is 98.3 Å². The lowest BCUT2D eigenvalue weighted by Gasteiger charge is -2.23. The first-order valence-corrected chi connectivity index (χ1v) is 9.59. The van der Waals surface area contributed by atoms with Crippen LogP contribution < -0.4 is 10.2 Å². The number of hydrogen-bond donors (Lipinski definition) is 3. The second-order valence-corrected chi connectivity index (χ2v) is 7.74. The fourth-order valence-corrected chi connectivity index (χ4v) is 3.59. The zero-order valence-electron chi connectivity index (χ0n) is 14.8. The summed E-state index contributed by atoms with van der Waals surface area (Å²) in [5, 5.41) is 20.4. The average molecular weight is 423 g/mol. The van der Waals surface area contributed by atoms with Crippen molar-refractivity contribution in [2.45, 2.75) is 32.7 Å². The van der Waals surface area contributed by atoms with Crippen LogP contribution in [0.1, 0.15) is 26.7 Å². The normalized spacial score (nSPS) is 19.8. The van der Waals surface area contributed by atoms with Gasteiger partial charge in [-0.2, -0.15) is 5.10 Å². The molecule has 2 aromatic rings. The minimum Gasteiger partial charge on any atom is -0.394 e. The van der Waals surface area contributed by atoms with Crippen molar-refractivity contribution in [1.82, 2.24) is 15.5 Å². The Kier molecular flexibility index (Phi) is 5.62. The number of aromatic nitrogens is 2. The third-order valence-corrected chi connectivity index (χ3v) is 5.60. The summed E-state index contributed by atoms with van der Waals surface area (Å²) in [4.78, 5) is 26.6. The molecule has 1 aliphatic rings. The Hall–Kier alpha value is -1.93. The molecular formula is C18H23BrN4O3. The molecule has 0 radical (unpaired) electrons. The van der Waals surface area contributed by atoms with Crippen LogP contribution in [0.15, 0.2) is 22.7 Å². The Balaban J connectivity index is 1.74. The summed E-state index contributed by atoms with van der Waals surface area (Å²) in [6.45, 7) is 4.19. The predicted octanol–water partition coefficient (Wildman–Crippen LogP) is 2.20. The van der Waals surface area contributed by atoms with Crippen molar-refractivity contribution in [3.63, 3.8) is 0 Å². The van der Waals surface area contributed by atoms with Crippen molar-refractivity contribution in [3.8, 4) is 0 Å². The van der Waals surface area contributed by atoms with Crippen molar-refractivity contribution in [2.75, 3.05) is 18.1 Å². The lowest BCUT2D eigenvalue weighted by molar-refractivity contribution is -0.127. The number of hydrogen-bond acceptors (Lipinski definition) is 4. The molecule has 0 bridgehead atoms. The van der Waals surface area contributed by atoms with Gasteiger partial charge in [-0.05, 0) is 24.1 Å². The summed E-state index contributed by atoms with van der Waals surface area (Å²) in [6, 6.07) is 5.39. The van der Waals surface area contributed by atoms with Gasteiger partial charge in [0.2, 0.25) is 11.8 Å². The Morgan fingerprint density at radius 1 is 1.54 bits per heavy atom. The molecule has 26 heavy (non-hydrogen) atoms. The van der Waals surface area contributed by atoms with Gasteiger partial charge in [-0.15, -0.1) is 0 Å². The number of anilines is 1. The number of aliphatic hydroxyl groups is 1. The molecule has 1 unspecified atom stereocenters. The highest BCUT2D eigenvalue weighted by atomic mass is 79.9. The van der Waals surface area contributed by atoms with Crippen LogP contribution >= 0.6 is 15.9 Å². The van der Waals surface area contributed by atoms with Gasteiger partial charge in [0, 0.05) is 22.8 Å². The van der Waals surface area contributed by atoms with E-state index in [1.54, 1.807) is 4.90 Å². The molecule has 0 aliphatic carbocycles. The SMILES string of the molecule is CC[C@H](C)[C@H](CO)NC(=O)C1CC(=O)N(c2n[nH]c3cc(Br)ccc23)C1. The number of benzene rings is 1. The molecule has 8 heteroatoms. The average Bonchev–Trinajstić information content (AvgIpc) is 3.21. The third kappa shape index (κ3) is 3.61. The van der Waals surface area contributed by atoms with E-state index in [9.17, 15) is 14.7 Å². The standard InChI is InChI=1S/C18H23BrN4O3/c1-3-10(2)15(9-24)20-18(26)11-6-16(25)23(8-11)17-13-5-4-12(19)7-14(13)21-22-17/h4-5,7,10-11,15,24H,3,6,8-9H2,1-2H3,(H,20,26)(H,21,22)/t10-,11?,15-/m0/s1.